The summed E-state index contributed by atoms with van der Waals surface area (Å²) in [7, 11) is 0. The summed E-state index contributed by atoms with van der Waals surface area (Å²) in [6.45, 7) is 5.88. The Kier molecular flexibility index (Phi) is 3.87. The number of hydrogen-bond acceptors (Lipinski definition) is 4. The molecule has 0 radical (unpaired) electrons. The second-order valence-corrected chi connectivity index (χ2v) is 3.78. The molecule has 0 aliphatic carbocycles. The van der Waals surface area contributed by atoms with Crippen LogP contribution in [0.5, 0.6) is 0 Å². The largest absolute Gasteiger partial charge is 0.347 e. The van der Waals surface area contributed by atoms with Gasteiger partial charge in [0.25, 0.3) is 0 Å². The zero-order valence-corrected chi connectivity index (χ0v) is 10.2. The standard InChI is InChI=1S/C11H18N6/c1-3-12-9(11-13-5-6-14-11)7-10-15-8-16-17(10)4-2/h5-6,8-9,12H,3-4,7H2,1-2H3,(H,13,14). The van der Waals surface area contributed by atoms with Crippen LogP contribution in [0.2, 0.25) is 0 Å². The fraction of sp³-hybridized carbons (Fsp3) is 0.545. The van der Waals surface area contributed by atoms with E-state index in [0.29, 0.717) is 0 Å². The van der Waals surface area contributed by atoms with Crippen LogP contribution in [0.1, 0.15) is 31.5 Å². The average Bonchev–Trinajstić information content (AvgIpc) is 2.99. The molecule has 0 fully saturated rings. The lowest BCUT2D eigenvalue weighted by molar-refractivity contribution is 0.492. The van der Waals surface area contributed by atoms with E-state index in [1.54, 1.807) is 12.5 Å². The van der Waals surface area contributed by atoms with Crippen molar-refractivity contribution in [1.29, 1.82) is 0 Å². The summed E-state index contributed by atoms with van der Waals surface area (Å²) in [4.78, 5) is 11.7. The number of nitrogens with one attached hydrogen (secondary N) is 2. The molecule has 2 N–H and O–H groups in total. The van der Waals surface area contributed by atoms with Gasteiger partial charge >= 0.3 is 0 Å². The molecule has 92 valence electrons. The second kappa shape index (κ2) is 5.58. The third-order valence-corrected chi connectivity index (χ3v) is 2.68. The number of aromatic amines is 1. The topological polar surface area (TPSA) is 71.4 Å². The van der Waals surface area contributed by atoms with Crippen molar-refractivity contribution >= 4 is 0 Å². The third kappa shape index (κ3) is 2.71. The third-order valence-electron chi connectivity index (χ3n) is 2.68. The maximum atomic E-state index is 4.30. The molecular formula is C11H18N6. The van der Waals surface area contributed by atoms with E-state index >= 15 is 0 Å². The summed E-state index contributed by atoms with van der Waals surface area (Å²) >= 11 is 0. The number of hydrogen-bond donors (Lipinski definition) is 2. The van der Waals surface area contributed by atoms with E-state index in [-0.39, 0.29) is 6.04 Å². The van der Waals surface area contributed by atoms with E-state index in [4.69, 9.17) is 0 Å². The zero-order chi connectivity index (χ0) is 12.1. The number of nitrogens with zero attached hydrogens (tertiary/aromatic N) is 4. The lowest BCUT2D eigenvalue weighted by Gasteiger charge is -2.15. The zero-order valence-electron chi connectivity index (χ0n) is 10.2. The summed E-state index contributed by atoms with van der Waals surface area (Å²) in [6, 6.07) is 0.157. The molecule has 2 aromatic rings. The average molecular weight is 234 g/mol. The highest BCUT2D eigenvalue weighted by Gasteiger charge is 2.16. The Bertz CT molecular complexity index is 433. The van der Waals surface area contributed by atoms with Crippen LogP contribution in [-0.4, -0.2) is 31.3 Å². The van der Waals surface area contributed by atoms with Crippen molar-refractivity contribution in [2.45, 2.75) is 32.9 Å². The molecule has 1 unspecified atom stereocenters. The van der Waals surface area contributed by atoms with Crippen LogP contribution in [-0.2, 0) is 13.0 Å². The normalized spacial score (nSPS) is 12.8. The van der Waals surface area contributed by atoms with Gasteiger partial charge in [-0.2, -0.15) is 5.10 Å². The van der Waals surface area contributed by atoms with E-state index in [0.717, 1.165) is 31.2 Å². The van der Waals surface area contributed by atoms with Crippen LogP contribution in [0.25, 0.3) is 0 Å². The minimum Gasteiger partial charge on any atom is -0.347 e. The summed E-state index contributed by atoms with van der Waals surface area (Å²) in [6.07, 6.45) is 5.99. The Morgan fingerprint density at radius 3 is 2.94 bits per heavy atom. The minimum atomic E-state index is 0.157. The Hall–Kier alpha value is -1.69. The molecule has 0 aliphatic heterocycles. The molecule has 0 aliphatic rings. The first-order chi connectivity index (χ1) is 8.35. The second-order valence-electron chi connectivity index (χ2n) is 3.78. The minimum absolute atomic E-state index is 0.157. The number of imidazole rings is 1. The van der Waals surface area contributed by atoms with Crippen molar-refractivity contribution in [2.75, 3.05) is 6.54 Å². The van der Waals surface area contributed by atoms with Gasteiger partial charge in [0.2, 0.25) is 0 Å². The van der Waals surface area contributed by atoms with Gasteiger partial charge in [0.15, 0.2) is 0 Å². The number of H-pyrrole nitrogens is 1. The first-order valence-electron chi connectivity index (χ1n) is 5.94. The molecule has 2 heterocycles. The molecule has 0 saturated heterocycles. The van der Waals surface area contributed by atoms with Crippen LogP contribution in [0.4, 0.5) is 0 Å². The van der Waals surface area contributed by atoms with Gasteiger partial charge in [-0.05, 0) is 13.5 Å². The van der Waals surface area contributed by atoms with Gasteiger partial charge in [0.1, 0.15) is 18.0 Å². The van der Waals surface area contributed by atoms with E-state index in [2.05, 4.69) is 39.2 Å². The van der Waals surface area contributed by atoms with E-state index < -0.39 is 0 Å². The van der Waals surface area contributed by atoms with Crippen LogP contribution >= 0.6 is 0 Å². The van der Waals surface area contributed by atoms with Crippen LogP contribution in [0.15, 0.2) is 18.7 Å². The SMILES string of the molecule is CCNC(Cc1ncnn1CC)c1ncc[nH]1. The van der Waals surface area contributed by atoms with Gasteiger partial charge in [-0.1, -0.05) is 6.92 Å². The predicted molar refractivity (Wildman–Crippen MR) is 64.4 cm³/mol. The van der Waals surface area contributed by atoms with Gasteiger partial charge in [-0.25, -0.2) is 9.97 Å². The predicted octanol–water partition coefficient (Wildman–Crippen LogP) is 0.914. The maximum Gasteiger partial charge on any atom is 0.138 e. The number of likely N-dealkylation sites (N-methyl/N-ethyl adjacent to an activating group) is 1. The fourth-order valence-corrected chi connectivity index (χ4v) is 1.87. The molecule has 17 heavy (non-hydrogen) atoms. The first kappa shape index (κ1) is 11.8. The van der Waals surface area contributed by atoms with Crippen LogP contribution in [0.3, 0.4) is 0 Å². The van der Waals surface area contributed by atoms with Gasteiger partial charge in [-0.15, -0.1) is 0 Å². The van der Waals surface area contributed by atoms with E-state index in [9.17, 15) is 0 Å². The van der Waals surface area contributed by atoms with Gasteiger partial charge in [-0.3, -0.25) is 4.68 Å². The lowest BCUT2D eigenvalue weighted by Crippen LogP contribution is -2.25. The highest BCUT2D eigenvalue weighted by Crippen LogP contribution is 2.13. The van der Waals surface area contributed by atoms with Crippen molar-refractivity contribution in [2.24, 2.45) is 0 Å². The van der Waals surface area contributed by atoms with Crippen molar-refractivity contribution < 1.29 is 0 Å². The molecule has 0 amide bonds. The highest BCUT2D eigenvalue weighted by atomic mass is 15.3. The number of aryl methyl sites for hydroxylation is 1. The van der Waals surface area contributed by atoms with Gasteiger partial charge < -0.3 is 10.3 Å². The first-order valence-corrected chi connectivity index (χ1v) is 5.94. The molecule has 2 rings (SSSR count). The Balaban J connectivity index is 2.13. The monoisotopic (exact) mass is 234 g/mol. The number of aromatic nitrogens is 5. The van der Waals surface area contributed by atoms with Gasteiger partial charge in [0, 0.05) is 25.4 Å². The van der Waals surface area contributed by atoms with Crippen LogP contribution < -0.4 is 5.32 Å². The molecule has 0 aromatic carbocycles. The fourth-order valence-electron chi connectivity index (χ4n) is 1.87. The van der Waals surface area contributed by atoms with E-state index in [1.165, 1.54) is 0 Å². The summed E-state index contributed by atoms with van der Waals surface area (Å²) < 4.78 is 1.91. The maximum absolute atomic E-state index is 4.30. The van der Waals surface area contributed by atoms with Gasteiger partial charge in [0.05, 0.1) is 6.04 Å². The summed E-state index contributed by atoms with van der Waals surface area (Å²) in [5, 5.41) is 7.58. The lowest BCUT2D eigenvalue weighted by atomic mass is 10.2. The summed E-state index contributed by atoms with van der Waals surface area (Å²) in [5.74, 6) is 1.92. The molecule has 2 aromatic heterocycles. The quantitative estimate of drug-likeness (QED) is 0.779. The Morgan fingerprint density at radius 1 is 1.41 bits per heavy atom. The Labute approximate surface area is 100 Å². The highest BCUT2D eigenvalue weighted by molar-refractivity contribution is 5.01. The molecule has 6 nitrogen and oxygen atoms in total. The summed E-state index contributed by atoms with van der Waals surface area (Å²) in [5.41, 5.74) is 0. The molecule has 0 spiro atoms. The molecular weight excluding hydrogens is 216 g/mol. The molecule has 0 bridgehead atoms. The molecule has 1 atom stereocenters. The van der Waals surface area contributed by atoms with Crippen molar-refractivity contribution in [1.82, 2.24) is 30.0 Å². The molecule has 0 saturated carbocycles. The van der Waals surface area contributed by atoms with Crippen molar-refractivity contribution in [3.05, 3.63) is 30.4 Å². The molecule has 6 heteroatoms. The smallest absolute Gasteiger partial charge is 0.138 e. The Morgan fingerprint density at radius 2 is 2.29 bits per heavy atom. The van der Waals surface area contributed by atoms with Crippen molar-refractivity contribution in [3.8, 4) is 0 Å². The van der Waals surface area contributed by atoms with Crippen LogP contribution in [0, 0.1) is 0 Å². The van der Waals surface area contributed by atoms with E-state index in [1.807, 2.05) is 10.9 Å². The number of rotatable bonds is 6. The van der Waals surface area contributed by atoms with Crippen molar-refractivity contribution in [3.63, 3.8) is 0 Å².